The van der Waals surface area contributed by atoms with Gasteiger partial charge in [-0.05, 0) is 52.9 Å². The second-order valence-electron chi connectivity index (χ2n) is 8.52. The number of aryl methyl sites for hydroxylation is 1. The summed E-state index contributed by atoms with van der Waals surface area (Å²) in [5.41, 5.74) is 0.907. The van der Waals surface area contributed by atoms with Crippen LogP contribution in [-0.4, -0.2) is 56.8 Å². The lowest BCUT2D eigenvalue weighted by Gasteiger charge is -2.33. The second-order valence-corrected chi connectivity index (χ2v) is 8.89. The van der Waals surface area contributed by atoms with Crippen molar-refractivity contribution in [3.63, 3.8) is 0 Å². The summed E-state index contributed by atoms with van der Waals surface area (Å²) in [4.78, 5) is 34.7. The molecule has 164 valence electrons. The van der Waals surface area contributed by atoms with Crippen LogP contribution in [-0.2, 0) is 16.0 Å². The van der Waals surface area contributed by atoms with Crippen LogP contribution in [0.25, 0.3) is 11.2 Å². The van der Waals surface area contributed by atoms with Gasteiger partial charge in [-0.25, -0.2) is 19.6 Å². The fourth-order valence-electron chi connectivity index (χ4n) is 3.54. The number of halogens is 1. The third-order valence-electron chi connectivity index (χ3n) is 5.11. The van der Waals surface area contributed by atoms with E-state index in [4.69, 9.17) is 21.1 Å². The first-order valence-corrected chi connectivity index (χ1v) is 10.7. The lowest BCUT2D eigenvalue weighted by Crippen LogP contribution is -2.41. The molecule has 0 N–H and O–H groups in total. The Morgan fingerprint density at radius 3 is 2.57 bits per heavy atom. The van der Waals surface area contributed by atoms with Gasteiger partial charge in [-0.2, -0.15) is 0 Å². The number of rotatable bonds is 5. The number of pyridine rings is 1. The fourth-order valence-corrected chi connectivity index (χ4v) is 3.80. The number of carbonyl (C=O) groups is 2. The van der Waals surface area contributed by atoms with E-state index in [1.165, 1.54) is 6.20 Å². The molecule has 1 aliphatic heterocycles. The molecular weight excluding hydrogens is 408 g/mol. The van der Waals surface area contributed by atoms with E-state index >= 15 is 0 Å². The Morgan fingerprint density at radius 1 is 1.23 bits per heavy atom. The average Bonchev–Trinajstić information content (AvgIpc) is 3.10. The van der Waals surface area contributed by atoms with E-state index in [1.807, 2.05) is 25.3 Å². The van der Waals surface area contributed by atoms with Gasteiger partial charge in [0.05, 0.1) is 23.5 Å². The molecule has 9 heteroatoms. The molecule has 8 nitrogen and oxygen atoms in total. The number of hydrogen-bond acceptors (Lipinski definition) is 6. The van der Waals surface area contributed by atoms with E-state index < -0.39 is 11.6 Å². The Morgan fingerprint density at radius 2 is 1.93 bits per heavy atom. The highest BCUT2D eigenvalue weighted by Crippen LogP contribution is 2.27. The van der Waals surface area contributed by atoms with Crippen molar-refractivity contribution in [2.45, 2.75) is 59.1 Å². The monoisotopic (exact) mass is 436 g/mol. The molecule has 2 aromatic heterocycles. The molecule has 0 bridgehead atoms. The van der Waals surface area contributed by atoms with Crippen molar-refractivity contribution in [3.05, 3.63) is 23.1 Å². The Balaban J connectivity index is 1.57. The zero-order valence-corrected chi connectivity index (χ0v) is 18.7. The van der Waals surface area contributed by atoms with Crippen LogP contribution in [0.1, 0.15) is 57.3 Å². The molecule has 30 heavy (non-hydrogen) atoms. The highest BCUT2D eigenvalue weighted by atomic mass is 35.5. The number of amides is 1. The zero-order valence-electron chi connectivity index (χ0n) is 18.0. The van der Waals surface area contributed by atoms with Crippen molar-refractivity contribution in [1.82, 2.24) is 19.4 Å². The number of esters is 1. The number of fused-ring (bicyclic) bond motifs is 1. The summed E-state index contributed by atoms with van der Waals surface area (Å²) in [5, 5.41) is 0.267. The number of nitrogens with zero attached hydrogens (tertiary/aromatic N) is 4. The molecule has 1 aliphatic rings. The summed E-state index contributed by atoms with van der Waals surface area (Å²) < 4.78 is 12.4. The molecule has 3 rings (SSSR count). The molecule has 0 atom stereocenters. The van der Waals surface area contributed by atoms with Crippen LogP contribution in [0.15, 0.2) is 12.5 Å². The second kappa shape index (κ2) is 9.20. The first-order chi connectivity index (χ1) is 14.2. The van der Waals surface area contributed by atoms with Gasteiger partial charge in [0, 0.05) is 25.8 Å². The molecule has 0 unspecified atom stereocenters. The predicted octanol–water partition coefficient (Wildman–Crippen LogP) is 4.30. The van der Waals surface area contributed by atoms with Gasteiger partial charge in [-0.1, -0.05) is 11.6 Å². The number of likely N-dealkylation sites (tertiary alicyclic amines) is 1. The average molecular weight is 437 g/mol. The topological polar surface area (TPSA) is 86.5 Å². The van der Waals surface area contributed by atoms with E-state index in [2.05, 4.69) is 9.97 Å². The first kappa shape index (κ1) is 22.3. The molecule has 2 aromatic rings. The standard InChI is InChI=1S/C21H29ClN4O4/c1-5-29-19(27)15-12-23-18-17(16(15)22)24-13-26(18)11-8-14-6-9-25(10-7-14)20(28)30-21(2,3)4/h12-14H,5-11H2,1-4H3. The van der Waals surface area contributed by atoms with Crippen LogP contribution in [0.3, 0.4) is 0 Å². The van der Waals surface area contributed by atoms with Crippen molar-refractivity contribution in [2.24, 2.45) is 5.92 Å². The van der Waals surface area contributed by atoms with Gasteiger partial charge in [0.2, 0.25) is 0 Å². The third-order valence-corrected chi connectivity index (χ3v) is 5.49. The fraction of sp³-hybridized carbons (Fsp3) is 0.619. The first-order valence-electron chi connectivity index (χ1n) is 10.3. The Kier molecular flexibility index (Phi) is 6.85. The summed E-state index contributed by atoms with van der Waals surface area (Å²) >= 11 is 6.36. The highest BCUT2D eigenvalue weighted by Gasteiger charge is 2.27. The molecule has 1 amide bonds. The number of imidazole rings is 1. The van der Waals surface area contributed by atoms with Gasteiger partial charge in [-0.15, -0.1) is 0 Å². The van der Waals surface area contributed by atoms with Crippen LogP contribution in [0.2, 0.25) is 5.02 Å². The Bertz CT molecular complexity index is 914. The van der Waals surface area contributed by atoms with Crippen LogP contribution < -0.4 is 0 Å². The molecule has 0 aliphatic carbocycles. The summed E-state index contributed by atoms with van der Waals surface area (Å²) in [5.74, 6) is 0.0126. The van der Waals surface area contributed by atoms with Crippen molar-refractivity contribution in [2.75, 3.05) is 19.7 Å². The van der Waals surface area contributed by atoms with Gasteiger partial charge in [0.15, 0.2) is 5.65 Å². The largest absolute Gasteiger partial charge is 0.462 e. The van der Waals surface area contributed by atoms with Crippen LogP contribution in [0, 0.1) is 5.92 Å². The van der Waals surface area contributed by atoms with Gasteiger partial charge in [-0.3, -0.25) is 0 Å². The molecule has 1 saturated heterocycles. The van der Waals surface area contributed by atoms with Crippen LogP contribution in [0.5, 0.6) is 0 Å². The minimum Gasteiger partial charge on any atom is -0.462 e. The number of carbonyl (C=O) groups excluding carboxylic acids is 2. The molecule has 0 spiro atoms. The van der Waals surface area contributed by atoms with Crippen molar-refractivity contribution in [3.8, 4) is 0 Å². The van der Waals surface area contributed by atoms with Crippen LogP contribution in [0.4, 0.5) is 4.79 Å². The maximum atomic E-state index is 12.2. The molecule has 0 radical (unpaired) electrons. The highest BCUT2D eigenvalue weighted by molar-refractivity contribution is 6.37. The van der Waals surface area contributed by atoms with Gasteiger partial charge < -0.3 is 18.9 Å². The third kappa shape index (κ3) is 5.22. The SMILES string of the molecule is CCOC(=O)c1cnc2c(ncn2CCC2CCN(C(=O)OC(C)(C)C)CC2)c1Cl. The number of piperidine rings is 1. The molecule has 0 aromatic carbocycles. The van der Waals surface area contributed by atoms with Gasteiger partial charge in [0.1, 0.15) is 11.1 Å². The summed E-state index contributed by atoms with van der Waals surface area (Å²) in [6.45, 7) is 9.80. The summed E-state index contributed by atoms with van der Waals surface area (Å²) in [7, 11) is 0. The Hall–Kier alpha value is -2.35. The van der Waals surface area contributed by atoms with Crippen LogP contribution >= 0.6 is 11.6 Å². The number of hydrogen-bond donors (Lipinski definition) is 0. The van der Waals surface area contributed by atoms with E-state index in [-0.39, 0.29) is 23.3 Å². The molecule has 0 saturated carbocycles. The number of aromatic nitrogens is 3. The molecule has 1 fully saturated rings. The molecular formula is C21H29ClN4O4. The minimum absolute atomic E-state index is 0.228. The van der Waals surface area contributed by atoms with Gasteiger partial charge in [0.25, 0.3) is 0 Å². The molecule has 3 heterocycles. The normalized spacial score (nSPS) is 15.4. The Labute approximate surface area is 181 Å². The predicted molar refractivity (Wildman–Crippen MR) is 114 cm³/mol. The van der Waals surface area contributed by atoms with Crippen molar-refractivity contribution < 1.29 is 19.1 Å². The zero-order chi connectivity index (χ0) is 21.9. The van der Waals surface area contributed by atoms with E-state index in [1.54, 1.807) is 18.2 Å². The van der Waals surface area contributed by atoms with Crippen molar-refractivity contribution in [1.29, 1.82) is 0 Å². The lowest BCUT2D eigenvalue weighted by atomic mass is 9.94. The maximum Gasteiger partial charge on any atom is 0.410 e. The quantitative estimate of drug-likeness (QED) is 0.649. The summed E-state index contributed by atoms with van der Waals surface area (Å²) in [6, 6.07) is 0. The minimum atomic E-state index is -0.497. The lowest BCUT2D eigenvalue weighted by molar-refractivity contribution is 0.0179. The number of ether oxygens (including phenoxy) is 2. The van der Waals surface area contributed by atoms with E-state index in [0.29, 0.717) is 30.2 Å². The maximum absolute atomic E-state index is 12.2. The smallest absolute Gasteiger partial charge is 0.410 e. The van der Waals surface area contributed by atoms with Gasteiger partial charge >= 0.3 is 12.1 Å². The van der Waals surface area contributed by atoms with E-state index in [9.17, 15) is 9.59 Å². The summed E-state index contributed by atoms with van der Waals surface area (Å²) in [6.07, 6.45) is 5.74. The van der Waals surface area contributed by atoms with E-state index in [0.717, 1.165) is 25.8 Å². The van der Waals surface area contributed by atoms with Crippen molar-refractivity contribution >= 4 is 34.8 Å².